The highest BCUT2D eigenvalue weighted by Crippen LogP contribution is 2.37. The summed E-state index contributed by atoms with van der Waals surface area (Å²) in [7, 11) is 0. The van der Waals surface area contributed by atoms with E-state index in [0.29, 0.717) is 13.2 Å². The third-order valence-electron chi connectivity index (χ3n) is 3.04. The van der Waals surface area contributed by atoms with Crippen molar-refractivity contribution in [3.05, 3.63) is 57.2 Å². The van der Waals surface area contributed by atoms with Gasteiger partial charge in [0.2, 0.25) is 0 Å². The van der Waals surface area contributed by atoms with Gasteiger partial charge in [0.25, 0.3) is 0 Å². The van der Waals surface area contributed by atoms with Crippen LogP contribution in [0.15, 0.2) is 42.5 Å². The van der Waals surface area contributed by atoms with E-state index in [0.717, 1.165) is 26.2 Å². The summed E-state index contributed by atoms with van der Waals surface area (Å²) in [5, 5.41) is -0.177. The highest BCUT2D eigenvalue weighted by Gasteiger charge is 2.18. The van der Waals surface area contributed by atoms with Gasteiger partial charge >= 0.3 is 0 Å². The number of hydrogen-bond donors (Lipinski definition) is 0. The number of benzene rings is 2. The summed E-state index contributed by atoms with van der Waals surface area (Å²) in [4.78, 5) is 0. The molecule has 0 saturated heterocycles. The van der Waals surface area contributed by atoms with E-state index >= 15 is 0 Å². The lowest BCUT2D eigenvalue weighted by molar-refractivity contribution is 0.171. The molecular weight excluding hydrogens is 375 g/mol. The van der Waals surface area contributed by atoms with Gasteiger partial charge in [-0.05, 0) is 51.9 Å². The number of fused-ring (bicyclic) bond motifs is 1. The maximum absolute atomic E-state index is 6.58. The molecule has 98 valence electrons. The average molecular weight is 387 g/mol. The van der Waals surface area contributed by atoms with Gasteiger partial charge in [0.15, 0.2) is 11.5 Å². The first-order chi connectivity index (χ1) is 9.25. The predicted molar refractivity (Wildman–Crippen MR) is 84.3 cm³/mol. The molecule has 0 saturated carbocycles. The molecular formula is C15H12ClIO2. The molecule has 1 aliphatic heterocycles. The molecule has 1 atom stereocenters. The Labute approximate surface area is 130 Å². The highest BCUT2D eigenvalue weighted by molar-refractivity contribution is 14.1. The molecule has 0 aromatic heterocycles. The molecule has 1 aliphatic rings. The Morgan fingerprint density at radius 3 is 2.53 bits per heavy atom. The first-order valence-corrected chi connectivity index (χ1v) is 7.55. The van der Waals surface area contributed by atoms with E-state index in [1.807, 2.05) is 30.3 Å². The maximum atomic E-state index is 6.58. The largest absolute Gasteiger partial charge is 0.486 e. The average Bonchev–Trinajstić information content (AvgIpc) is 2.46. The predicted octanol–water partition coefficient (Wildman–Crippen LogP) is 4.39. The number of hydrogen-bond acceptors (Lipinski definition) is 2. The minimum absolute atomic E-state index is 0.177. The molecule has 0 spiro atoms. The summed E-state index contributed by atoms with van der Waals surface area (Å²) in [5.74, 6) is 1.57. The Balaban J connectivity index is 1.96. The molecule has 19 heavy (non-hydrogen) atoms. The van der Waals surface area contributed by atoms with Crippen LogP contribution in [-0.4, -0.2) is 13.2 Å². The second-order valence-electron chi connectivity index (χ2n) is 4.29. The smallest absolute Gasteiger partial charge is 0.161 e. The third kappa shape index (κ3) is 2.67. The molecule has 0 fully saturated rings. The Morgan fingerprint density at radius 2 is 1.74 bits per heavy atom. The van der Waals surface area contributed by atoms with Crippen LogP contribution < -0.4 is 9.47 Å². The molecule has 2 aromatic rings. The van der Waals surface area contributed by atoms with Gasteiger partial charge in [0.05, 0.1) is 5.38 Å². The zero-order valence-electron chi connectivity index (χ0n) is 10.1. The standard InChI is InChI=1S/C15H12ClIO2/c16-15(11-3-1-2-4-12(11)17)10-5-6-13-14(9-10)19-8-7-18-13/h1-6,9,15H,7-8H2. The van der Waals surface area contributed by atoms with Gasteiger partial charge in [-0.25, -0.2) is 0 Å². The van der Waals surface area contributed by atoms with E-state index in [9.17, 15) is 0 Å². The summed E-state index contributed by atoms with van der Waals surface area (Å²) in [5.41, 5.74) is 2.14. The van der Waals surface area contributed by atoms with Gasteiger partial charge in [-0.15, -0.1) is 11.6 Å². The van der Waals surface area contributed by atoms with Gasteiger partial charge in [-0.3, -0.25) is 0 Å². The number of ether oxygens (including phenoxy) is 2. The molecule has 0 aliphatic carbocycles. The van der Waals surface area contributed by atoms with E-state index < -0.39 is 0 Å². The van der Waals surface area contributed by atoms with Crippen molar-refractivity contribution in [3.63, 3.8) is 0 Å². The lowest BCUT2D eigenvalue weighted by atomic mass is 10.0. The van der Waals surface area contributed by atoms with Gasteiger partial charge in [-0.1, -0.05) is 24.3 Å². The summed E-state index contributed by atoms with van der Waals surface area (Å²) in [6, 6.07) is 14.0. The van der Waals surface area contributed by atoms with Crippen molar-refractivity contribution in [1.29, 1.82) is 0 Å². The van der Waals surface area contributed by atoms with Crippen LogP contribution in [0.2, 0.25) is 0 Å². The fourth-order valence-corrected chi connectivity index (χ4v) is 3.29. The second-order valence-corrected chi connectivity index (χ2v) is 5.89. The van der Waals surface area contributed by atoms with Crippen LogP contribution in [0.25, 0.3) is 0 Å². The summed E-state index contributed by atoms with van der Waals surface area (Å²) in [6.45, 7) is 1.19. The molecule has 2 nitrogen and oxygen atoms in total. The van der Waals surface area contributed by atoms with Crippen molar-refractivity contribution in [2.24, 2.45) is 0 Å². The van der Waals surface area contributed by atoms with Gasteiger partial charge < -0.3 is 9.47 Å². The third-order valence-corrected chi connectivity index (χ3v) is 4.51. The monoisotopic (exact) mass is 386 g/mol. The Bertz CT molecular complexity index is 600. The van der Waals surface area contributed by atoms with Crippen molar-refractivity contribution in [1.82, 2.24) is 0 Å². The Hall–Kier alpha value is -0.940. The molecule has 0 radical (unpaired) electrons. The van der Waals surface area contributed by atoms with Crippen LogP contribution in [-0.2, 0) is 0 Å². The summed E-state index contributed by atoms with van der Waals surface area (Å²) < 4.78 is 12.3. The first kappa shape index (κ1) is 13.1. The van der Waals surface area contributed by atoms with E-state index in [2.05, 4.69) is 34.7 Å². The fourth-order valence-electron chi connectivity index (χ4n) is 2.08. The maximum Gasteiger partial charge on any atom is 0.161 e. The van der Waals surface area contributed by atoms with Crippen LogP contribution in [0.3, 0.4) is 0 Å². The number of alkyl halides is 1. The van der Waals surface area contributed by atoms with Crippen LogP contribution in [0, 0.1) is 3.57 Å². The van der Waals surface area contributed by atoms with Crippen molar-refractivity contribution in [3.8, 4) is 11.5 Å². The molecule has 0 N–H and O–H groups in total. The molecule has 3 rings (SSSR count). The zero-order valence-corrected chi connectivity index (χ0v) is 13.0. The molecule has 2 aromatic carbocycles. The minimum Gasteiger partial charge on any atom is -0.486 e. The van der Waals surface area contributed by atoms with Crippen molar-refractivity contribution >= 4 is 34.2 Å². The number of rotatable bonds is 2. The van der Waals surface area contributed by atoms with Gasteiger partial charge in [0.1, 0.15) is 13.2 Å². The number of halogens is 2. The lowest BCUT2D eigenvalue weighted by Gasteiger charge is -2.20. The van der Waals surface area contributed by atoms with Crippen LogP contribution in [0.4, 0.5) is 0 Å². The molecule has 4 heteroatoms. The van der Waals surface area contributed by atoms with Gasteiger partial charge in [0, 0.05) is 3.57 Å². The van der Waals surface area contributed by atoms with Crippen LogP contribution in [0.1, 0.15) is 16.5 Å². The molecule has 0 bridgehead atoms. The summed E-state index contributed by atoms with van der Waals surface area (Å²) >= 11 is 8.88. The van der Waals surface area contributed by atoms with E-state index in [1.54, 1.807) is 0 Å². The van der Waals surface area contributed by atoms with E-state index in [1.165, 1.54) is 0 Å². The Kier molecular flexibility index (Phi) is 3.84. The SMILES string of the molecule is ClC(c1ccc2c(c1)OCCO2)c1ccccc1I. The normalized spacial score (nSPS) is 15.1. The van der Waals surface area contributed by atoms with Crippen molar-refractivity contribution in [2.45, 2.75) is 5.38 Å². The highest BCUT2D eigenvalue weighted by atomic mass is 127. The van der Waals surface area contributed by atoms with E-state index in [-0.39, 0.29) is 5.38 Å². The fraction of sp³-hybridized carbons (Fsp3) is 0.200. The van der Waals surface area contributed by atoms with Crippen molar-refractivity contribution < 1.29 is 9.47 Å². The quantitative estimate of drug-likeness (QED) is 0.563. The van der Waals surface area contributed by atoms with Crippen LogP contribution in [0.5, 0.6) is 11.5 Å². The molecule has 0 amide bonds. The molecule has 1 unspecified atom stereocenters. The minimum atomic E-state index is -0.177. The van der Waals surface area contributed by atoms with Gasteiger partial charge in [-0.2, -0.15) is 0 Å². The topological polar surface area (TPSA) is 18.5 Å². The second kappa shape index (κ2) is 5.59. The zero-order chi connectivity index (χ0) is 13.2. The van der Waals surface area contributed by atoms with Crippen LogP contribution >= 0.6 is 34.2 Å². The lowest BCUT2D eigenvalue weighted by Crippen LogP contribution is -2.15. The van der Waals surface area contributed by atoms with E-state index in [4.69, 9.17) is 21.1 Å². The first-order valence-electron chi connectivity index (χ1n) is 6.04. The summed E-state index contributed by atoms with van der Waals surface area (Å²) in [6.07, 6.45) is 0. The van der Waals surface area contributed by atoms with Crippen molar-refractivity contribution in [2.75, 3.05) is 13.2 Å². The Morgan fingerprint density at radius 1 is 1.00 bits per heavy atom. The molecule has 1 heterocycles.